The van der Waals surface area contributed by atoms with Crippen LogP contribution in [-0.4, -0.2) is 38.1 Å². The molecule has 98 valence electrons. The van der Waals surface area contributed by atoms with Crippen molar-refractivity contribution < 1.29 is 0 Å². The molecule has 0 amide bonds. The quantitative estimate of drug-likeness (QED) is 0.687. The van der Waals surface area contributed by atoms with E-state index in [1.807, 2.05) is 0 Å². The summed E-state index contributed by atoms with van der Waals surface area (Å²) in [5.74, 6) is 1.49. The zero-order chi connectivity index (χ0) is 12.8. The summed E-state index contributed by atoms with van der Waals surface area (Å²) < 4.78 is 0. The Morgan fingerprint density at radius 1 is 1.06 bits per heavy atom. The lowest BCUT2D eigenvalue weighted by molar-refractivity contribution is 0.188. The minimum absolute atomic E-state index is 0.360. The molecule has 0 aliphatic rings. The van der Waals surface area contributed by atoms with Crippen LogP contribution in [0, 0.1) is 17.3 Å². The molecule has 0 atom stereocenters. The molecule has 0 aliphatic carbocycles. The largest absolute Gasteiger partial charge is 0.316 e. The van der Waals surface area contributed by atoms with E-state index in [1.165, 1.54) is 6.54 Å². The minimum Gasteiger partial charge on any atom is -0.316 e. The van der Waals surface area contributed by atoms with Gasteiger partial charge in [-0.3, -0.25) is 0 Å². The van der Waals surface area contributed by atoms with Crippen molar-refractivity contribution in [3.8, 4) is 0 Å². The Hall–Kier alpha value is -0.0800. The molecule has 0 aromatic carbocycles. The molecule has 0 unspecified atom stereocenters. The van der Waals surface area contributed by atoms with Crippen LogP contribution in [0.2, 0.25) is 0 Å². The van der Waals surface area contributed by atoms with E-state index in [2.05, 4.69) is 58.8 Å². The van der Waals surface area contributed by atoms with Gasteiger partial charge in [-0.05, 0) is 30.8 Å². The summed E-state index contributed by atoms with van der Waals surface area (Å²) in [7, 11) is 2.23. The van der Waals surface area contributed by atoms with Gasteiger partial charge in [0, 0.05) is 19.6 Å². The zero-order valence-electron chi connectivity index (χ0n) is 12.4. The van der Waals surface area contributed by atoms with Gasteiger partial charge in [-0.1, -0.05) is 41.5 Å². The van der Waals surface area contributed by atoms with Crippen LogP contribution in [0.1, 0.15) is 41.5 Å². The van der Waals surface area contributed by atoms with Gasteiger partial charge in [0.15, 0.2) is 0 Å². The Bertz CT molecular complexity index is 174. The summed E-state index contributed by atoms with van der Waals surface area (Å²) in [6.07, 6.45) is 0. The highest BCUT2D eigenvalue weighted by Crippen LogP contribution is 2.15. The fourth-order valence-electron chi connectivity index (χ4n) is 2.17. The molecule has 0 saturated carbocycles. The van der Waals surface area contributed by atoms with Crippen molar-refractivity contribution in [1.82, 2.24) is 10.2 Å². The molecular formula is C14H32N2. The van der Waals surface area contributed by atoms with Gasteiger partial charge in [-0.2, -0.15) is 0 Å². The molecule has 2 nitrogen and oxygen atoms in total. The van der Waals surface area contributed by atoms with Crippen LogP contribution >= 0.6 is 0 Å². The van der Waals surface area contributed by atoms with Crippen molar-refractivity contribution in [3.63, 3.8) is 0 Å². The summed E-state index contributed by atoms with van der Waals surface area (Å²) in [5.41, 5.74) is 0.360. The van der Waals surface area contributed by atoms with Crippen LogP contribution < -0.4 is 5.32 Å². The molecule has 1 N–H and O–H groups in total. The average molecular weight is 228 g/mol. The number of rotatable bonds is 8. The van der Waals surface area contributed by atoms with Crippen molar-refractivity contribution >= 4 is 0 Å². The third-order valence-corrected chi connectivity index (χ3v) is 2.53. The highest BCUT2D eigenvalue weighted by molar-refractivity contribution is 4.75. The van der Waals surface area contributed by atoms with E-state index >= 15 is 0 Å². The molecule has 0 bridgehead atoms. The Kier molecular flexibility index (Phi) is 7.25. The van der Waals surface area contributed by atoms with E-state index in [4.69, 9.17) is 0 Å². The van der Waals surface area contributed by atoms with Crippen LogP contribution in [0.5, 0.6) is 0 Å². The second-order valence-electron chi connectivity index (χ2n) is 6.78. The number of hydrogen-bond donors (Lipinski definition) is 1. The molecule has 0 spiro atoms. The maximum absolute atomic E-state index is 3.56. The van der Waals surface area contributed by atoms with Crippen LogP contribution in [-0.2, 0) is 0 Å². The first-order chi connectivity index (χ1) is 7.23. The highest BCUT2D eigenvalue weighted by atomic mass is 15.1. The van der Waals surface area contributed by atoms with Crippen molar-refractivity contribution in [1.29, 1.82) is 0 Å². The van der Waals surface area contributed by atoms with E-state index in [0.29, 0.717) is 5.41 Å². The van der Waals surface area contributed by atoms with E-state index in [0.717, 1.165) is 31.5 Å². The fraction of sp³-hybridized carbons (Fsp3) is 1.00. The maximum Gasteiger partial charge on any atom is 0.00419 e. The molecule has 0 radical (unpaired) electrons. The van der Waals surface area contributed by atoms with E-state index < -0.39 is 0 Å². The predicted molar refractivity (Wildman–Crippen MR) is 73.8 cm³/mol. The maximum atomic E-state index is 3.56. The van der Waals surface area contributed by atoms with Gasteiger partial charge in [-0.15, -0.1) is 0 Å². The number of nitrogens with zero attached hydrogens (tertiary/aromatic N) is 1. The molecule has 0 rings (SSSR count). The first-order valence-electron chi connectivity index (χ1n) is 6.62. The third-order valence-electron chi connectivity index (χ3n) is 2.53. The molecule has 0 aromatic rings. The van der Waals surface area contributed by atoms with Gasteiger partial charge in [0.2, 0.25) is 0 Å². The van der Waals surface area contributed by atoms with Gasteiger partial charge in [-0.25, -0.2) is 0 Å². The molecule has 2 heteroatoms. The van der Waals surface area contributed by atoms with Crippen LogP contribution in [0.15, 0.2) is 0 Å². The lowest BCUT2D eigenvalue weighted by atomic mass is 9.92. The number of hydrogen-bond acceptors (Lipinski definition) is 2. The summed E-state index contributed by atoms with van der Waals surface area (Å²) >= 11 is 0. The Balaban J connectivity index is 3.84. The van der Waals surface area contributed by atoms with Crippen molar-refractivity contribution in [2.45, 2.75) is 41.5 Å². The Morgan fingerprint density at radius 2 is 1.62 bits per heavy atom. The molecule has 0 aromatic heterocycles. The minimum atomic E-state index is 0.360. The van der Waals surface area contributed by atoms with Gasteiger partial charge in [0.25, 0.3) is 0 Å². The molecule has 0 heterocycles. The second-order valence-corrected chi connectivity index (χ2v) is 6.78. The molecule has 16 heavy (non-hydrogen) atoms. The van der Waals surface area contributed by atoms with Crippen LogP contribution in [0.3, 0.4) is 0 Å². The zero-order valence-corrected chi connectivity index (χ0v) is 12.4. The fourth-order valence-corrected chi connectivity index (χ4v) is 2.17. The van der Waals surface area contributed by atoms with E-state index in [9.17, 15) is 0 Å². The lowest BCUT2D eigenvalue weighted by Gasteiger charge is -2.31. The monoisotopic (exact) mass is 228 g/mol. The van der Waals surface area contributed by atoms with Crippen LogP contribution in [0.4, 0.5) is 0 Å². The molecule has 0 fully saturated rings. The SMILES string of the molecule is CC(C)CNCC(C)(C)CN(C)CC(C)C. The molecule has 0 saturated heterocycles. The summed E-state index contributed by atoms with van der Waals surface area (Å²) in [4.78, 5) is 2.45. The van der Waals surface area contributed by atoms with Gasteiger partial charge >= 0.3 is 0 Å². The van der Waals surface area contributed by atoms with Crippen molar-refractivity contribution in [2.24, 2.45) is 17.3 Å². The lowest BCUT2D eigenvalue weighted by Crippen LogP contribution is -2.40. The molecule has 0 aliphatic heterocycles. The van der Waals surface area contributed by atoms with Gasteiger partial charge < -0.3 is 10.2 Å². The first-order valence-corrected chi connectivity index (χ1v) is 6.62. The van der Waals surface area contributed by atoms with Gasteiger partial charge in [0.05, 0.1) is 0 Å². The summed E-state index contributed by atoms with van der Waals surface area (Å²) in [5, 5.41) is 3.56. The van der Waals surface area contributed by atoms with E-state index in [-0.39, 0.29) is 0 Å². The second kappa shape index (κ2) is 7.29. The Morgan fingerprint density at radius 3 is 2.06 bits per heavy atom. The number of nitrogens with one attached hydrogen (secondary N) is 1. The highest BCUT2D eigenvalue weighted by Gasteiger charge is 2.20. The topological polar surface area (TPSA) is 15.3 Å². The normalized spacial score (nSPS) is 13.1. The standard InChI is InChI=1S/C14H32N2/c1-12(2)8-15-10-14(5,6)11-16(7)9-13(3)4/h12-13,15H,8-11H2,1-7H3. The van der Waals surface area contributed by atoms with Gasteiger partial charge in [0.1, 0.15) is 0 Å². The average Bonchev–Trinajstić information content (AvgIpc) is 1.98. The van der Waals surface area contributed by atoms with Crippen molar-refractivity contribution in [2.75, 3.05) is 33.2 Å². The van der Waals surface area contributed by atoms with Crippen molar-refractivity contribution in [3.05, 3.63) is 0 Å². The predicted octanol–water partition coefficient (Wildman–Crippen LogP) is 2.85. The Labute approximate surface area is 103 Å². The van der Waals surface area contributed by atoms with Crippen LogP contribution in [0.25, 0.3) is 0 Å². The summed E-state index contributed by atoms with van der Waals surface area (Å²) in [6, 6.07) is 0. The molecular weight excluding hydrogens is 196 g/mol. The van der Waals surface area contributed by atoms with E-state index in [1.54, 1.807) is 0 Å². The smallest absolute Gasteiger partial charge is 0.00419 e. The first kappa shape index (κ1) is 15.9. The third kappa shape index (κ3) is 9.17. The summed E-state index contributed by atoms with van der Waals surface area (Å²) in [6.45, 7) is 18.3.